The molecule has 118 valence electrons. The molecule has 0 unspecified atom stereocenters. The van der Waals surface area contributed by atoms with Gasteiger partial charge in [0.25, 0.3) is 0 Å². The van der Waals surface area contributed by atoms with Crippen molar-refractivity contribution in [3.63, 3.8) is 0 Å². The first-order chi connectivity index (χ1) is 11.1. The van der Waals surface area contributed by atoms with E-state index in [1.54, 1.807) is 6.20 Å². The molecule has 5 nitrogen and oxygen atoms in total. The van der Waals surface area contributed by atoms with Gasteiger partial charge in [-0.05, 0) is 43.7 Å². The Labute approximate surface area is 135 Å². The Kier molecular flexibility index (Phi) is 4.28. The monoisotopic (exact) mass is 308 g/mol. The summed E-state index contributed by atoms with van der Waals surface area (Å²) >= 11 is 0. The lowest BCUT2D eigenvalue weighted by atomic mass is 10.0. The third kappa shape index (κ3) is 3.51. The first-order valence-electron chi connectivity index (χ1n) is 7.58. The molecule has 2 N–H and O–H groups in total. The van der Waals surface area contributed by atoms with E-state index < -0.39 is 0 Å². The maximum atomic E-state index is 5.73. The van der Waals surface area contributed by atoms with Gasteiger partial charge in [0.15, 0.2) is 0 Å². The number of benzene rings is 2. The van der Waals surface area contributed by atoms with Crippen molar-refractivity contribution in [3.8, 4) is 17.0 Å². The first-order valence-corrected chi connectivity index (χ1v) is 7.58. The number of nitrogens with zero attached hydrogens (tertiary/aromatic N) is 3. The van der Waals surface area contributed by atoms with E-state index in [4.69, 9.17) is 10.5 Å². The van der Waals surface area contributed by atoms with E-state index in [1.807, 2.05) is 28.9 Å². The standard InChI is InChI=1S/C18H20N4O/c1-13-3-8-17(14(2)11-13)18-12-20-21-22(18)9-10-23-16-6-4-15(19)5-7-16/h3-8,11-12H,9-10,19H2,1-2H3. The summed E-state index contributed by atoms with van der Waals surface area (Å²) < 4.78 is 7.60. The zero-order chi connectivity index (χ0) is 16.2. The maximum Gasteiger partial charge on any atom is 0.119 e. The lowest BCUT2D eigenvalue weighted by Gasteiger charge is -2.10. The zero-order valence-corrected chi connectivity index (χ0v) is 13.4. The number of nitrogens with two attached hydrogens (primary N) is 1. The second-order valence-electron chi connectivity index (χ2n) is 5.58. The molecule has 0 aliphatic carbocycles. The topological polar surface area (TPSA) is 66.0 Å². The smallest absolute Gasteiger partial charge is 0.119 e. The van der Waals surface area contributed by atoms with Crippen LogP contribution in [0.2, 0.25) is 0 Å². The summed E-state index contributed by atoms with van der Waals surface area (Å²) in [6, 6.07) is 13.8. The van der Waals surface area contributed by atoms with Gasteiger partial charge >= 0.3 is 0 Å². The lowest BCUT2D eigenvalue weighted by molar-refractivity contribution is 0.290. The van der Waals surface area contributed by atoms with E-state index in [2.05, 4.69) is 42.4 Å². The average molecular weight is 308 g/mol. The number of aromatic nitrogens is 3. The van der Waals surface area contributed by atoms with Crippen LogP contribution >= 0.6 is 0 Å². The molecule has 0 spiro atoms. The summed E-state index contributed by atoms with van der Waals surface area (Å²) in [5.74, 6) is 0.799. The summed E-state index contributed by atoms with van der Waals surface area (Å²) in [7, 11) is 0. The fourth-order valence-electron chi connectivity index (χ4n) is 2.55. The predicted octanol–water partition coefficient (Wildman–Crippen LogP) is 3.22. The van der Waals surface area contributed by atoms with Crippen LogP contribution in [0, 0.1) is 13.8 Å². The molecule has 0 bridgehead atoms. The van der Waals surface area contributed by atoms with Gasteiger partial charge in [-0.25, -0.2) is 4.68 Å². The van der Waals surface area contributed by atoms with Crippen molar-refractivity contribution in [2.45, 2.75) is 20.4 Å². The van der Waals surface area contributed by atoms with Crippen molar-refractivity contribution in [1.82, 2.24) is 15.0 Å². The highest BCUT2D eigenvalue weighted by molar-refractivity contribution is 5.63. The van der Waals surface area contributed by atoms with Gasteiger partial charge in [-0.1, -0.05) is 29.0 Å². The van der Waals surface area contributed by atoms with Crippen molar-refractivity contribution in [2.75, 3.05) is 12.3 Å². The van der Waals surface area contributed by atoms with Gasteiger partial charge in [0.05, 0.1) is 18.4 Å². The number of ether oxygens (including phenoxy) is 1. The second kappa shape index (κ2) is 6.52. The van der Waals surface area contributed by atoms with E-state index in [1.165, 1.54) is 11.1 Å². The van der Waals surface area contributed by atoms with E-state index >= 15 is 0 Å². The Morgan fingerprint density at radius 2 is 1.87 bits per heavy atom. The molecule has 1 aromatic heterocycles. The molecule has 0 saturated carbocycles. The summed E-state index contributed by atoms with van der Waals surface area (Å²) in [4.78, 5) is 0. The molecule has 0 saturated heterocycles. The van der Waals surface area contributed by atoms with Crippen LogP contribution in [0.15, 0.2) is 48.7 Å². The molecular formula is C18H20N4O. The van der Waals surface area contributed by atoms with Crippen LogP contribution in [-0.2, 0) is 6.54 Å². The highest BCUT2D eigenvalue weighted by atomic mass is 16.5. The van der Waals surface area contributed by atoms with Gasteiger partial charge in [-0.2, -0.15) is 0 Å². The molecule has 0 aliphatic heterocycles. The van der Waals surface area contributed by atoms with Crippen LogP contribution in [0.5, 0.6) is 5.75 Å². The molecule has 3 rings (SSSR count). The highest BCUT2D eigenvalue weighted by Gasteiger charge is 2.09. The van der Waals surface area contributed by atoms with Gasteiger partial charge in [0, 0.05) is 11.3 Å². The quantitative estimate of drug-likeness (QED) is 0.735. The van der Waals surface area contributed by atoms with Gasteiger partial charge in [-0.3, -0.25) is 0 Å². The molecule has 23 heavy (non-hydrogen) atoms. The molecule has 0 aliphatic rings. The van der Waals surface area contributed by atoms with Gasteiger partial charge in [-0.15, -0.1) is 5.10 Å². The van der Waals surface area contributed by atoms with E-state index in [9.17, 15) is 0 Å². The molecule has 0 radical (unpaired) electrons. The minimum Gasteiger partial charge on any atom is -0.492 e. The normalized spacial score (nSPS) is 10.7. The van der Waals surface area contributed by atoms with Gasteiger partial charge in [0.2, 0.25) is 0 Å². The number of nitrogen functional groups attached to an aromatic ring is 1. The summed E-state index contributed by atoms with van der Waals surface area (Å²) in [5, 5.41) is 8.21. The maximum absolute atomic E-state index is 5.73. The molecule has 0 atom stereocenters. The summed E-state index contributed by atoms with van der Waals surface area (Å²) in [6.07, 6.45) is 1.79. The largest absolute Gasteiger partial charge is 0.492 e. The Hall–Kier alpha value is -2.82. The van der Waals surface area contributed by atoms with Gasteiger partial charge in [0.1, 0.15) is 12.4 Å². The van der Waals surface area contributed by atoms with Crippen molar-refractivity contribution in [3.05, 3.63) is 59.8 Å². The predicted molar refractivity (Wildman–Crippen MR) is 91.3 cm³/mol. The SMILES string of the molecule is Cc1ccc(-c2cnnn2CCOc2ccc(N)cc2)c(C)c1. The molecule has 0 fully saturated rings. The number of hydrogen-bond donors (Lipinski definition) is 1. The fraction of sp³-hybridized carbons (Fsp3) is 0.222. The first kappa shape index (κ1) is 15.1. The van der Waals surface area contributed by atoms with Crippen LogP contribution in [-0.4, -0.2) is 21.6 Å². The molecule has 0 amide bonds. The molecule has 5 heteroatoms. The lowest BCUT2D eigenvalue weighted by Crippen LogP contribution is -2.11. The minimum atomic E-state index is 0.519. The van der Waals surface area contributed by atoms with Crippen molar-refractivity contribution < 1.29 is 4.74 Å². The highest BCUT2D eigenvalue weighted by Crippen LogP contribution is 2.23. The van der Waals surface area contributed by atoms with E-state index in [0.29, 0.717) is 13.2 Å². The van der Waals surface area contributed by atoms with E-state index in [-0.39, 0.29) is 0 Å². The zero-order valence-electron chi connectivity index (χ0n) is 13.4. The molecular weight excluding hydrogens is 288 g/mol. The van der Waals surface area contributed by atoms with Crippen molar-refractivity contribution in [2.24, 2.45) is 0 Å². The number of rotatable bonds is 5. The molecule has 2 aromatic carbocycles. The number of aryl methyl sites for hydroxylation is 2. The van der Waals surface area contributed by atoms with Crippen LogP contribution in [0.1, 0.15) is 11.1 Å². The Balaban J connectivity index is 1.70. The Morgan fingerprint density at radius 3 is 2.61 bits per heavy atom. The summed E-state index contributed by atoms with van der Waals surface area (Å²) in [6.45, 7) is 5.34. The van der Waals surface area contributed by atoms with E-state index in [0.717, 1.165) is 22.7 Å². The number of anilines is 1. The fourth-order valence-corrected chi connectivity index (χ4v) is 2.55. The van der Waals surface area contributed by atoms with Crippen LogP contribution in [0.25, 0.3) is 11.3 Å². The Morgan fingerprint density at radius 1 is 1.09 bits per heavy atom. The van der Waals surface area contributed by atoms with Crippen LogP contribution in [0.4, 0.5) is 5.69 Å². The third-order valence-electron chi connectivity index (χ3n) is 3.73. The number of hydrogen-bond acceptors (Lipinski definition) is 4. The Bertz CT molecular complexity index is 793. The molecule has 3 aromatic rings. The minimum absolute atomic E-state index is 0.519. The third-order valence-corrected chi connectivity index (χ3v) is 3.73. The van der Waals surface area contributed by atoms with Crippen LogP contribution in [0.3, 0.4) is 0 Å². The molecule has 1 heterocycles. The van der Waals surface area contributed by atoms with Gasteiger partial charge < -0.3 is 10.5 Å². The van der Waals surface area contributed by atoms with Crippen molar-refractivity contribution in [1.29, 1.82) is 0 Å². The average Bonchev–Trinajstić information content (AvgIpc) is 2.97. The van der Waals surface area contributed by atoms with Crippen LogP contribution < -0.4 is 10.5 Å². The van der Waals surface area contributed by atoms with Crippen molar-refractivity contribution >= 4 is 5.69 Å². The second-order valence-corrected chi connectivity index (χ2v) is 5.58. The summed E-state index contributed by atoms with van der Waals surface area (Å²) in [5.41, 5.74) is 11.0.